The van der Waals surface area contributed by atoms with E-state index >= 15 is 0 Å². The van der Waals surface area contributed by atoms with E-state index in [0.29, 0.717) is 10.9 Å². The molecule has 100 valence electrons. The molecule has 8 heteroatoms. The number of hydrogen-bond acceptors (Lipinski definition) is 6. The van der Waals surface area contributed by atoms with E-state index in [2.05, 4.69) is 15.5 Å². The van der Waals surface area contributed by atoms with Crippen molar-refractivity contribution < 1.29 is 13.5 Å². The Bertz CT molecular complexity index is 615. The van der Waals surface area contributed by atoms with Crippen LogP contribution in [0.2, 0.25) is 0 Å². The zero-order chi connectivity index (χ0) is 13.8. The maximum atomic E-state index is 13.6. The molecule has 5 nitrogen and oxygen atoms in total. The number of halogens is 2. The Morgan fingerprint density at radius 3 is 2.89 bits per heavy atom. The lowest BCUT2D eigenvalue weighted by atomic mass is 10.2. The fraction of sp³-hybridized carbons (Fsp3) is 0.0909. The number of rotatable bonds is 4. The summed E-state index contributed by atoms with van der Waals surface area (Å²) in [6.45, 7) is 0. The first-order valence-corrected chi connectivity index (χ1v) is 6.01. The van der Waals surface area contributed by atoms with Crippen LogP contribution in [0.4, 0.5) is 19.7 Å². The van der Waals surface area contributed by atoms with Crippen LogP contribution in [-0.4, -0.2) is 18.3 Å². The predicted molar refractivity (Wildman–Crippen MR) is 70.7 cm³/mol. The average molecular weight is 284 g/mol. The Morgan fingerprint density at radius 1 is 1.47 bits per heavy atom. The standard InChI is InChI=1S/C11H10F2N4OS/c1-18-9-3-6(12)2-8(13)7(9)4-15-17-11-16-10(14)5-19-11/h2-5H,14H2,1H3,(H,16,17). The number of nitrogen functional groups attached to an aromatic ring is 1. The topological polar surface area (TPSA) is 72.5 Å². The van der Waals surface area contributed by atoms with Crippen molar-refractivity contribution in [1.82, 2.24) is 4.98 Å². The monoisotopic (exact) mass is 284 g/mol. The third-order valence-corrected chi connectivity index (χ3v) is 2.92. The van der Waals surface area contributed by atoms with Gasteiger partial charge in [0.05, 0.1) is 18.9 Å². The van der Waals surface area contributed by atoms with E-state index in [1.165, 1.54) is 24.7 Å². The van der Waals surface area contributed by atoms with Gasteiger partial charge in [-0.3, -0.25) is 5.43 Å². The van der Waals surface area contributed by atoms with Crippen molar-refractivity contribution in [3.8, 4) is 5.75 Å². The van der Waals surface area contributed by atoms with Crippen molar-refractivity contribution in [2.45, 2.75) is 0 Å². The zero-order valence-electron chi connectivity index (χ0n) is 9.85. The van der Waals surface area contributed by atoms with E-state index in [1.54, 1.807) is 5.38 Å². The number of anilines is 2. The summed E-state index contributed by atoms with van der Waals surface area (Å²) in [6.07, 6.45) is 1.19. The number of nitrogens with one attached hydrogen (secondary N) is 1. The highest BCUT2D eigenvalue weighted by Crippen LogP contribution is 2.22. The number of methoxy groups -OCH3 is 1. The van der Waals surface area contributed by atoms with E-state index in [-0.39, 0.29) is 11.3 Å². The smallest absolute Gasteiger partial charge is 0.205 e. The second-order valence-electron chi connectivity index (χ2n) is 3.45. The highest BCUT2D eigenvalue weighted by molar-refractivity contribution is 7.14. The summed E-state index contributed by atoms with van der Waals surface area (Å²) in [5, 5.41) is 5.90. The van der Waals surface area contributed by atoms with Gasteiger partial charge in [0.15, 0.2) is 0 Å². The Morgan fingerprint density at radius 2 is 2.26 bits per heavy atom. The number of hydrogen-bond donors (Lipinski definition) is 2. The lowest BCUT2D eigenvalue weighted by Crippen LogP contribution is -1.98. The number of thiazole rings is 1. The molecule has 19 heavy (non-hydrogen) atoms. The molecule has 2 rings (SSSR count). The summed E-state index contributed by atoms with van der Waals surface area (Å²) in [5.74, 6) is -1.05. The van der Waals surface area contributed by atoms with Crippen LogP contribution >= 0.6 is 11.3 Å². The molecule has 1 heterocycles. The van der Waals surface area contributed by atoms with Gasteiger partial charge in [-0.2, -0.15) is 5.10 Å². The molecule has 0 aliphatic heterocycles. The van der Waals surface area contributed by atoms with Crippen LogP contribution < -0.4 is 15.9 Å². The van der Waals surface area contributed by atoms with Crippen LogP contribution in [0.25, 0.3) is 0 Å². The molecule has 3 N–H and O–H groups in total. The zero-order valence-corrected chi connectivity index (χ0v) is 10.7. The summed E-state index contributed by atoms with van der Waals surface area (Å²) >= 11 is 1.26. The Hall–Kier alpha value is -2.22. The molecule has 0 aliphatic carbocycles. The summed E-state index contributed by atoms with van der Waals surface area (Å²) in [5.41, 5.74) is 8.06. The van der Waals surface area contributed by atoms with Crippen molar-refractivity contribution in [2.75, 3.05) is 18.3 Å². The largest absolute Gasteiger partial charge is 0.496 e. The minimum Gasteiger partial charge on any atom is -0.496 e. The van der Waals surface area contributed by atoms with Gasteiger partial charge in [-0.25, -0.2) is 13.8 Å². The SMILES string of the molecule is COc1cc(F)cc(F)c1C=NNc1nc(N)cs1. The van der Waals surface area contributed by atoms with Gasteiger partial charge in [-0.15, -0.1) is 11.3 Å². The van der Waals surface area contributed by atoms with Gasteiger partial charge in [0.2, 0.25) is 5.13 Å². The van der Waals surface area contributed by atoms with E-state index in [1.807, 2.05) is 0 Å². The molecule has 0 radical (unpaired) electrons. The summed E-state index contributed by atoms with van der Waals surface area (Å²) in [6, 6.07) is 1.83. The number of benzene rings is 1. The molecule has 0 unspecified atom stereocenters. The molecule has 0 saturated heterocycles. The molecule has 0 saturated carbocycles. The summed E-state index contributed by atoms with van der Waals surface area (Å²) < 4.78 is 31.4. The number of nitrogens with zero attached hydrogens (tertiary/aromatic N) is 2. The fourth-order valence-electron chi connectivity index (χ4n) is 1.34. The molecule has 0 fully saturated rings. The molecule has 0 atom stereocenters. The minimum atomic E-state index is -0.763. The van der Waals surface area contributed by atoms with Gasteiger partial charge in [0, 0.05) is 17.5 Å². The van der Waals surface area contributed by atoms with Gasteiger partial charge < -0.3 is 10.5 Å². The van der Waals surface area contributed by atoms with Crippen molar-refractivity contribution in [3.63, 3.8) is 0 Å². The van der Waals surface area contributed by atoms with Crippen molar-refractivity contribution in [2.24, 2.45) is 5.10 Å². The Balaban J connectivity index is 2.18. The summed E-state index contributed by atoms with van der Waals surface area (Å²) in [7, 11) is 1.32. The predicted octanol–water partition coefficient (Wildman–Crippen LogP) is 2.46. The molecule has 2 aromatic rings. The van der Waals surface area contributed by atoms with E-state index in [4.69, 9.17) is 10.5 Å². The van der Waals surface area contributed by atoms with Gasteiger partial charge >= 0.3 is 0 Å². The maximum Gasteiger partial charge on any atom is 0.205 e. The lowest BCUT2D eigenvalue weighted by Gasteiger charge is -2.05. The first-order valence-electron chi connectivity index (χ1n) is 5.13. The molecule has 1 aromatic heterocycles. The molecule has 0 amide bonds. The third kappa shape index (κ3) is 3.16. The molecular formula is C11H10F2N4OS. The fourth-order valence-corrected chi connectivity index (χ4v) is 1.89. The van der Waals surface area contributed by atoms with Gasteiger partial charge in [-0.1, -0.05) is 0 Å². The number of ether oxygens (including phenoxy) is 1. The van der Waals surface area contributed by atoms with Crippen molar-refractivity contribution in [1.29, 1.82) is 0 Å². The van der Waals surface area contributed by atoms with Gasteiger partial charge in [-0.05, 0) is 0 Å². The van der Waals surface area contributed by atoms with E-state index < -0.39 is 11.6 Å². The Kier molecular flexibility index (Phi) is 3.91. The molecule has 0 aliphatic rings. The molecular weight excluding hydrogens is 274 g/mol. The highest BCUT2D eigenvalue weighted by atomic mass is 32.1. The second kappa shape index (κ2) is 5.61. The second-order valence-corrected chi connectivity index (χ2v) is 4.31. The minimum absolute atomic E-state index is 0.0425. The first-order chi connectivity index (χ1) is 9.10. The number of aromatic nitrogens is 1. The summed E-state index contributed by atoms with van der Waals surface area (Å²) in [4.78, 5) is 3.91. The highest BCUT2D eigenvalue weighted by Gasteiger charge is 2.10. The van der Waals surface area contributed by atoms with Crippen LogP contribution in [0.5, 0.6) is 5.75 Å². The molecule has 1 aromatic carbocycles. The maximum absolute atomic E-state index is 13.6. The van der Waals surface area contributed by atoms with Crippen LogP contribution in [0.3, 0.4) is 0 Å². The van der Waals surface area contributed by atoms with E-state index in [0.717, 1.165) is 12.1 Å². The van der Waals surface area contributed by atoms with Gasteiger partial charge in [0.1, 0.15) is 23.2 Å². The van der Waals surface area contributed by atoms with Crippen LogP contribution in [0, 0.1) is 11.6 Å². The van der Waals surface area contributed by atoms with Crippen LogP contribution in [-0.2, 0) is 0 Å². The third-order valence-electron chi connectivity index (χ3n) is 2.15. The van der Waals surface area contributed by atoms with Crippen molar-refractivity contribution >= 4 is 28.5 Å². The first kappa shape index (κ1) is 13.2. The quantitative estimate of drug-likeness (QED) is 0.668. The normalized spacial score (nSPS) is 10.9. The number of nitrogens with two attached hydrogens (primary N) is 1. The lowest BCUT2D eigenvalue weighted by molar-refractivity contribution is 0.406. The Labute approximate surface area is 111 Å². The number of hydrazone groups is 1. The van der Waals surface area contributed by atoms with Crippen LogP contribution in [0.15, 0.2) is 22.6 Å². The van der Waals surface area contributed by atoms with E-state index in [9.17, 15) is 8.78 Å². The van der Waals surface area contributed by atoms with Crippen LogP contribution in [0.1, 0.15) is 5.56 Å². The van der Waals surface area contributed by atoms with Gasteiger partial charge in [0.25, 0.3) is 0 Å². The molecule has 0 spiro atoms. The molecule has 0 bridgehead atoms. The van der Waals surface area contributed by atoms with Crippen molar-refractivity contribution in [3.05, 3.63) is 34.7 Å². The average Bonchev–Trinajstić information content (AvgIpc) is 2.77.